The Balaban J connectivity index is 1.58. The molecule has 0 bridgehead atoms. The Morgan fingerprint density at radius 2 is 1.75 bits per heavy atom. The van der Waals surface area contributed by atoms with E-state index in [0.717, 1.165) is 45.9 Å². The summed E-state index contributed by atoms with van der Waals surface area (Å²) in [7, 11) is 0. The minimum atomic E-state index is -0.833. The molecule has 1 unspecified atom stereocenters. The van der Waals surface area contributed by atoms with Crippen molar-refractivity contribution in [1.82, 2.24) is 0 Å². The molecule has 1 atom stereocenters. The van der Waals surface area contributed by atoms with Gasteiger partial charge in [0, 0.05) is 14.8 Å². The summed E-state index contributed by atoms with van der Waals surface area (Å²) >= 11 is 8.26. The maximum atomic E-state index is 12.5. The summed E-state index contributed by atoms with van der Waals surface area (Å²) in [5, 5.41) is 10.7. The number of aryl methyl sites for hydroxylation is 1. The van der Waals surface area contributed by atoms with Gasteiger partial charge >= 0.3 is 5.97 Å². The third-order valence-corrected chi connectivity index (χ3v) is 7.49. The normalized spacial score (nSPS) is 12.7. The number of aliphatic hydroxyl groups excluding tert-OH is 1. The van der Waals surface area contributed by atoms with Crippen LogP contribution >= 0.6 is 23.4 Å². The summed E-state index contributed by atoms with van der Waals surface area (Å²) in [6.07, 6.45) is 3.47. The van der Waals surface area contributed by atoms with Crippen molar-refractivity contribution in [2.45, 2.75) is 62.3 Å². The van der Waals surface area contributed by atoms with E-state index in [4.69, 9.17) is 21.1 Å². The number of hydrogen-bond donors (Lipinski definition) is 1. The molecule has 4 nitrogen and oxygen atoms in total. The van der Waals surface area contributed by atoms with Crippen LogP contribution in [0.5, 0.6) is 5.75 Å². The van der Waals surface area contributed by atoms with E-state index in [1.807, 2.05) is 67.6 Å². The van der Waals surface area contributed by atoms with Crippen LogP contribution in [0, 0.1) is 5.41 Å². The first-order valence-electron chi connectivity index (χ1n) is 12.5. The smallest absolute Gasteiger partial charge is 0.314 e. The number of ether oxygens (including phenoxy) is 2. The minimum Gasteiger partial charge on any atom is -0.489 e. The molecule has 0 aliphatic carbocycles. The SMILES string of the molecule is CCCC(CO)(CCCc1ccc(Sc2cccc(OCc3ccccc3)c2)cc1Cl)C(=O)OCC. The van der Waals surface area contributed by atoms with Crippen LogP contribution in [0.1, 0.15) is 50.7 Å². The zero-order chi connectivity index (χ0) is 25.8. The van der Waals surface area contributed by atoms with Gasteiger partial charge in [0.25, 0.3) is 0 Å². The van der Waals surface area contributed by atoms with Crippen LogP contribution in [-0.4, -0.2) is 24.3 Å². The molecule has 0 saturated carbocycles. The number of esters is 1. The van der Waals surface area contributed by atoms with E-state index in [1.165, 1.54) is 0 Å². The molecular weight excluding hydrogens is 492 g/mol. The summed E-state index contributed by atoms with van der Waals surface area (Å²) in [6, 6.07) is 24.2. The summed E-state index contributed by atoms with van der Waals surface area (Å²) < 4.78 is 11.2. The molecule has 3 aromatic carbocycles. The Bertz CT molecular complexity index is 1110. The van der Waals surface area contributed by atoms with Crippen molar-refractivity contribution in [3.63, 3.8) is 0 Å². The number of rotatable bonds is 14. The molecule has 6 heteroatoms. The molecule has 3 rings (SSSR count). The summed E-state index contributed by atoms with van der Waals surface area (Å²) in [5.41, 5.74) is 1.33. The topological polar surface area (TPSA) is 55.8 Å². The van der Waals surface area contributed by atoms with E-state index >= 15 is 0 Å². The van der Waals surface area contributed by atoms with E-state index in [2.05, 4.69) is 12.1 Å². The summed E-state index contributed by atoms with van der Waals surface area (Å²) in [6.45, 7) is 4.46. The van der Waals surface area contributed by atoms with Crippen LogP contribution in [0.15, 0.2) is 82.6 Å². The van der Waals surface area contributed by atoms with Crippen molar-refractivity contribution in [1.29, 1.82) is 0 Å². The first kappa shape index (κ1) is 28.1. The van der Waals surface area contributed by atoms with Crippen molar-refractivity contribution in [3.8, 4) is 5.75 Å². The number of carbonyl (C=O) groups is 1. The molecule has 0 fully saturated rings. The monoisotopic (exact) mass is 526 g/mol. The number of hydrogen-bond acceptors (Lipinski definition) is 5. The van der Waals surface area contributed by atoms with Crippen molar-refractivity contribution in [2.24, 2.45) is 5.41 Å². The highest BCUT2D eigenvalue weighted by atomic mass is 35.5. The van der Waals surface area contributed by atoms with Gasteiger partial charge in [-0.05, 0) is 74.1 Å². The molecule has 36 heavy (non-hydrogen) atoms. The molecule has 0 aliphatic rings. The third kappa shape index (κ3) is 8.02. The molecule has 0 spiro atoms. The van der Waals surface area contributed by atoms with Gasteiger partial charge in [0.1, 0.15) is 12.4 Å². The second kappa shape index (κ2) is 14.3. The van der Waals surface area contributed by atoms with Crippen molar-refractivity contribution in [3.05, 3.63) is 88.9 Å². The van der Waals surface area contributed by atoms with E-state index < -0.39 is 5.41 Å². The minimum absolute atomic E-state index is 0.197. The molecule has 0 amide bonds. The van der Waals surface area contributed by atoms with Gasteiger partial charge in [-0.2, -0.15) is 0 Å². The van der Waals surface area contributed by atoms with Crippen molar-refractivity contribution in [2.75, 3.05) is 13.2 Å². The number of aliphatic hydroxyl groups is 1. The van der Waals surface area contributed by atoms with Crippen LogP contribution in [-0.2, 0) is 22.6 Å². The Hall–Kier alpha value is -2.47. The van der Waals surface area contributed by atoms with E-state index in [-0.39, 0.29) is 12.6 Å². The average molecular weight is 527 g/mol. The van der Waals surface area contributed by atoms with Crippen LogP contribution in [0.25, 0.3) is 0 Å². The van der Waals surface area contributed by atoms with E-state index in [9.17, 15) is 9.90 Å². The highest BCUT2D eigenvalue weighted by Crippen LogP contribution is 2.35. The molecule has 192 valence electrons. The molecule has 0 aromatic heterocycles. The number of benzene rings is 3. The lowest BCUT2D eigenvalue weighted by Crippen LogP contribution is -2.36. The zero-order valence-electron chi connectivity index (χ0n) is 21.0. The Morgan fingerprint density at radius 3 is 2.44 bits per heavy atom. The first-order chi connectivity index (χ1) is 17.5. The molecule has 0 saturated heterocycles. The molecule has 0 aliphatic heterocycles. The predicted octanol–water partition coefficient (Wildman–Crippen LogP) is 7.73. The first-order valence-corrected chi connectivity index (χ1v) is 13.7. The average Bonchev–Trinajstić information content (AvgIpc) is 2.89. The van der Waals surface area contributed by atoms with Gasteiger partial charge in [-0.1, -0.05) is 79.2 Å². The quantitative estimate of drug-likeness (QED) is 0.218. The fourth-order valence-electron chi connectivity index (χ4n) is 4.23. The summed E-state index contributed by atoms with van der Waals surface area (Å²) in [5.74, 6) is 0.523. The van der Waals surface area contributed by atoms with Crippen LogP contribution < -0.4 is 4.74 Å². The maximum absolute atomic E-state index is 12.5. The van der Waals surface area contributed by atoms with E-state index in [0.29, 0.717) is 31.1 Å². The standard InChI is InChI=1S/C30H35ClO4S/c1-3-17-30(22-32,29(33)34-4-2)18-9-12-24-15-16-27(20-28(24)31)36-26-14-8-13-25(19-26)35-21-23-10-6-5-7-11-23/h5-8,10-11,13-16,19-20,32H,3-4,9,12,17-18,21-22H2,1-2H3. The lowest BCUT2D eigenvalue weighted by atomic mass is 9.79. The molecule has 0 heterocycles. The fraction of sp³-hybridized carbons (Fsp3) is 0.367. The Kier molecular flexibility index (Phi) is 11.2. The number of carbonyl (C=O) groups excluding carboxylic acids is 1. The molecule has 1 N–H and O–H groups in total. The highest BCUT2D eigenvalue weighted by Gasteiger charge is 2.38. The van der Waals surface area contributed by atoms with Gasteiger partial charge in [-0.25, -0.2) is 0 Å². The lowest BCUT2D eigenvalue weighted by Gasteiger charge is -2.29. The van der Waals surface area contributed by atoms with Gasteiger partial charge in [0.15, 0.2) is 0 Å². The van der Waals surface area contributed by atoms with E-state index in [1.54, 1.807) is 18.7 Å². The molecule has 0 radical (unpaired) electrons. The van der Waals surface area contributed by atoms with Crippen molar-refractivity contribution >= 4 is 29.3 Å². The van der Waals surface area contributed by atoms with Gasteiger partial charge in [-0.3, -0.25) is 4.79 Å². The lowest BCUT2D eigenvalue weighted by molar-refractivity contribution is -0.159. The van der Waals surface area contributed by atoms with Crippen molar-refractivity contribution < 1.29 is 19.4 Å². The highest BCUT2D eigenvalue weighted by molar-refractivity contribution is 7.99. The second-order valence-corrected chi connectivity index (χ2v) is 10.4. The molecule has 3 aromatic rings. The fourth-order valence-corrected chi connectivity index (χ4v) is 5.48. The van der Waals surface area contributed by atoms with Gasteiger partial charge in [0.05, 0.1) is 18.6 Å². The van der Waals surface area contributed by atoms with Crippen LogP contribution in [0.2, 0.25) is 5.02 Å². The molecular formula is C30H35ClO4S. The number of halogens is 1. The predicted molar refractivity (Wildman–Crippen MR) is 147 cm³/mol. The van der Waals surface area contributed by atoms with Crippen LogP contribution in [0.3, 0.4) is 0 Å². The third-order valence-electron chi connectivity index (χ3n) is 6.16. The second-order valence-electron chi connectivity index (χ2n) is 8.87. The van der Waals surface area contributed by atoms with Gasteiger partial charge < -0.3 is 14.6 Å². The Morgan fingerprint density at radius 1 is 0.972 bits per heavy atom. The Labute approximate surface area is 224 Å². The summed E-state index contributed by atoms with van der Waals surface area (Å²) in [4.78, 5) is 14.7. The van der Waals surface area contributed by atoms with Gasteiger partial charge in [-0.15, -0.1) is 0 Å². The van der Waals surface area contributed by atoms with Crippen LogP contribution in [0.4, 0.5) is 0 Å². The largest absolute Gasteiger partial charge is 0.489 e. The van der Waals surface area contributed by atoms with Gasteiger partial charge in [0.2, 0.25) is 0 Å². The maximum Gasteiger partial charge on any atom is 0.314 e. The zero-order valence-corrected chi connectivity index (χ0v) is 22.6.